The normalized spacial score (nSPS) is 10.5. The highest BCUT2D eigenvalue weighted by Gasteiger charge is 1.93. The zero-order valence-electron chi connectivity index (χ0n) is 10.1. The second kappa shape index (κ2) is 12.6. The molecule has 0 aromatic heterocycles. The second-order valence-corrected chi connectivity index (χ2v) is 5.81. The van der Waals surface area contributed by atoms with E-state index in [1.165, 1.54) is 68.0 Å². The van der Waals surface area contributed by atoms with Crippen molar-refractivity contribution in [3.63, 3.8) is 0 Å². The van der Waals surface area contributed by atoms with Gasteiger partial charge in [-0.05, 0) is 31.1 Å². The molecule has 0 aromatic carbocycles. The largest absolute Gasteiger partial charge is 0.0928 e. The van der Waals surface area contributed by atoms with Crippen LogP contribution in [-0.4, -0.2) is 10.2 Å². The lowest BCUT2D eigenvalue weighted by Gasteiger charge is -2.01. The number of rotatable bonds is 11. The molecular weight excluding hydrogens is 268 g/mol. The van der Waals surface area contributed by atoms with E-state index in [-0.39, 0.29) is 0 Å². The SMILES string of the molecule is CC(=S)CCCCCCCCCCCBr. The lowest BCUT2D eigenvalue weighted by Crippen LogP contribution is -1.87. The lowest BCUT2D eigenvalue weighted by atomic mass is 10.1. The highest BCUT2D eigenvalue weighted by atomic mass is 79.9. The first-order chi connectivity index (χ1) is 7.27. The molecule has 0 saturated carbocycles. The van der Waals surface area contributed by atoms with Crippen LogP contribution in [0.25, 0.3) is 0 Å². The van der Waals surface area contributed by atoms with Gasteiger partial charge in [0.2, 0.25) is 0 Å². The van der Waals surface area contributed by atoms with E-state index >= 15 is 0 Å². The van der Waals surface area contributed by atoms with Crippen molar-refractivity contribution in [2.24, 2.45) is 0 Å². The lowest BCUT2D eigenvalue weighted by molar-refractivity contribution is 0.570. The van der Waals surface area contributed by atoms with E-state index in [9.17, 15) is 0 Å². The Hall–Kier alpha value is 0.570. The summed E-state index contributed by atoms with van der Waals surface area (Å²) in [5.74, 6) is 0. The van der Waals surface area contributed by atoms with Crippen LogP contribution in [0.15, 0.2) is 0 Å². The van der Waals surface area contributed by atoms with Crippen LogP contribution < -0.4 is 0 Å². The van der Waals surface area contributed by atoms with Gasteiger partial charge >= 0.3 is 0 Å². The molecule has 0 atom stereocenters. The van der Waals surface area contributed by atoms with Crippen molar-refractivity contribution in [1.29, 1.82) is 0 Å². The van der Waals surface area contributed by atoms with Crippen molar-refractivity contribution < 1.29 is 0 Å². The number of thiocarbonyl (C=S) groups is 1. The Morgan fingerprint density at radius 1 is 0.800 bits per heavy atom. The van der Waals surface area contributed by atoms with Gasteiger partial charge < -0.3 is 0 Å². The molecule has 90 valence electrons. The third-order valence-corrected chi connectivity index (χ3v) is 3.43. The van der Waals surface area contributed by atoms with Crippen molar-refractivity contribution >= 4 is 33.0 Å². The second-order valence-electron chi connectivity index (χ2n) is 4.32. The van der Waals surface area contributed by atoms with Crippen molar-refractivity contribution in [2.45, 2.75) is 71.1 Å². The summed E-state index contributed by atoms with van der Waals surface area (Å²) in [6, 6.07) is 0. The predicted octanol–water partition coefficient (Wildman–Crippen LogP) is 5.67. The summed E-state index contributed by atoms with van der Waals surface area (Å²) in [6.45, 7) is 2.05. The molecule has 15 heavy (non-hydrogen) atoms. The van der Waals surface area contributed by atoms with Gasteiger partial charge in [-0.1, -0.05) is 73.1 Å². The zero-order chi connectivity index (χ0) is 11.4. The van der Waals surface area contributed by atoms with Crippen LogP contribution in [0.1, 0.15) is 71.1 Å². The maximum absolute atomic E-state index is 5.05. The van der Waals surface area contributed by atoms with Crippen LogP contribution in [0, 0.1) is 0 Å². The molecule has 0 aromatic rings. The van der Waals surface area contributed by atoms with Crippen LogP contribution in [-0.2, 0) is 0 Å². The molecule has 0 bridgehead atoms. The molecule has 0 aliphatic heterocycles. The van der Waals surface area contributed by atoms with Gasteiger partial charge in [0.1, 0.15) is 0 Å². The highest BCUT2D eigenvalue weighted by Crippen LogP contribution is 2.11. The Bertz CT molecular complexity index is 145. The molecule has 0 saturated heterocycles. The number of alkyl halides is 1. The molecule has 0 amide bonds. The Labute approximate surface area is 109 Å². The molecule has 0 nitrogen and oxygen atoms in total. The fourth-order valence-electron chi connectivity index (χ4n) is 1.71. The smallest absolute Gasteiger partial charge is 0.00313 e. The predicted molar refractivity (Wildman–Crippen MR) is 78.2 cm³/mol. The van der Waals surface area contributed by atoms with Crippen LogP contribution >= 0.6 is 28.1 Å². The molecule has 0 spiro atoms. The van der Waals surface area contributed by atoms with Gasteiger partial charge in [0.15, 0.2) is 0 Å². The summed E-state index contributed by atoms with van der Waals surface area (Å²) in [6.07, 6.45) is 13.7. The number of hydrogen-bond acceptors (Lipinski definition) is 1. The molecule has 0 aliphatic carbocycles. The molecule has 0 unspecified atom stereocenters. The van der Waals surface area contributed by atoms with E-state index in [1.54, 1.807) is 0 Å². The van der Waals surface area contributed by atoms with Crippen molar-refractivity contribution in [1.82, 2.24) is 0 Å². The quantitative estimate of drug-likeness (QED) is 0.268. The van der Waals surface area contributed by atoms with Gasteiger partial charge in [0.25, 0.3) is 0 Å². The maximum atomic E-state index is 5.05. The van der Waals surface area contributed by atoms with Crippen molar-refractivity contribution in [2.75, 3.05) is 5.33 Å². The van der Waals surface area contributed by atoms with Crippen LogP contribution in [0.2, 0.25) is 0 Å². The van der Waals surface area contributed by atoms with Gasteiger partial charge in [-0.3, -0.25) is 0 Å². The summed E-state index contributed by atoms with van der Waals surface area (Å²) in [5, 5.41) is 1.17. The third-order valence-electron chi connectivity index (χ3n) is 2.66. The number of hydrogen-bond donors (Lipinski definition) is 0. The Kier molecular flexibility index (Phi) is 13.1. The Balaban J connectivity index is 2.89. The van der Waals surface area contributed by atoms with E-state index in [2.05, 4.69) is 22.9 Å². The Morgan fingerprint density at radius 2 is 1.20 bits per heavy atom. The minimum atomic E-state index is 1.15. The van der Waals surface area contributed by atoms with Crippen molar-refractivity contribution in [3.8, 4) is 0 Å². The maximum Gasteiger partial charge on any atom is 0.00313 e. The Morgan fingerprint density at radius 3 is 1.60 bits per heavy atom. The first kappa shape index (κ1) is 15.6. The fourth-order valence-corrected chi connectivity index (χ4v) is 2.25. The van der Waals surface area contributed by atoms with Crippen LogP contribution in [0.3, 0.4) is 0 Å². The van der Waals surface area contributed by atoms with E-state index in [0.717, 1.165) is 6.42 Å². The molecule has 2 heteroatoms. The van der Waals surface area contributed by atoms with Gasteiger partial charge in [0.05, 0.1) is 0 Å². The van der Waals surface area contributed by atoms with Crippen molar-refractivity contribution in [3.05, 3.63) is 0 Å². The number of unbranched alkanes of at least 4 members (excludes halogenated alkanes) is 8. The summed E-state index contributed by atoms with van der Waals surface area (Å²) < 4.78 is 0. The highest BCUT2D eigenvalue weighted by molar-refractivity contribution is 9.09. The topological polar surface area (TPSA) is 0 Å². The van der Waals surface area contributed by atoms with Gasteiger partial charge in [-0.25, -0.2) is 0 Å². The molecule has 0 rings (SSSR count). The van der Waals surface area contributed by atoms with E-state index in [1.807, 2.05) is 0 Å². The van der Waals surface area contributed by atoms with E-state index < -0.39 is 0 Å². The standard InChI is InChI=1S/C13H25BrS/c1-13(15)11-9-7-5-3-2-4-6-8-10-12-14/h2-12H2,1H3. The third kappa shape index (κ3) is 14.6. The molecular formula is C13H25BrS. The first-order valence-corrected chi connectivity index (χ1v) is 7.85. The average Bonchev–Trinajstić information content (AvgIpc) is 2.20. The summed E-state index contributed by atoms with van der Waals surface area (Å²) in [5.41, 5.74) is 0. The summed E-state index contributed by atoms with van der Waals surface area (Å²) in [7, 11) is 0. The van der Waals surface area contributed by atoms with E-state index in [4.69, 9.17) is 12.2 Å². The molecule has 0 heterocycles. The average molecular weight is 293 g/mol. The zero-order valence-corrected chi connectivity index (χ0v) is 12.5. The van der Waals surface area contributed by atoms with Gasteiger partial charge in [-0.2, -0.15) is 0 Å². The minimum Gasteiger partial charge on any atom is -0.0928 e. The van der Waals surface area contributed by atoms with Crippen LogP contribution in [0.4, 0.5) is 0 Å². The monoisotopic (exact) mass is 292 g/mol. The molecule has 0 radical (unpaired) electrons. The van der Waals surface area contributed by atoms with Crippen LogP contribution in [0.5, 0.6) is 0 Å². The first-order valence-electron chi connectivity index (χ1n) is 6.32. The number of halogens is 1. The van der Waals surface area contributed by atoms with Gasteiger partial charge in [-0.15, -0.1) is 0 Å². The molecule has 0 fully saturated rings. The summed E-state index contributed by atoms with van der Waals surface area (Å²) >= 11 is 8.51. The minimum absolute atomic E-state index is 1.15. The molecule has 0 aliphatic rings. The molecule has 0 N–H and O–H groups in total. The summed E-state index contributed by atoms with van der Waals surface area (Å²) in [4.78, 5) is 1.17. The van der Waals surface area contributed by atoms with E-state index in [0.29, 0.717) is 0 Å². The van der Waals surface area contributed by atoms with Gasteiger partial charge in [0, 0.05) is 5.33 Å². The fraction of sp³-hybridized carbons (Fsp3) is 0.923.